The molecular formula is C17H13F4N3O2. The number of aromatic nitrogens is 1. The Labute approximate surface area is 145 Å². The highest BCUT2D eigenvalue weighted by Crippen LogP contribution is 2.26. The van der Waals surface area contributed by atoms with Gasteiger partial charge in [0.2, 0.25) is 0 Å². The number of carbonyl (C=O) groups excluding carboxylic acids is 2. The number of amides is 2. The largest absolute Gasteiger partial charge is 0.454 e. The molecule has 2 heterocycles. The van der Waals surface area contributed by atoms with E-state index in [1.807, 2.05) is 0 Å². The summed E-state index contributed by atoms with van der Waals surface area (Å²) in [5, 5.41) is 2.66. The molecule has 2 aromatic rings. The summed E-state index contributed by atoms with van der Waals surface area (Å²) in [4.78, 5) is 28.7. The third-order valence-electron chi connectivity index (χ3n) is 3.92. The number of ketones is 1. The van der Waals surface area contributed by atoms with Crippen LogP contribution in [0.5, 0.6) is 0 Å². The zero-order chi connectivity index (χ0) is 18.9. The summed E-state index contributed by atoms with van der Waals surface area (Å²) in [6.07, 6.45) is -3.54. The number of nitrogens with zero attached hydrogens (tertiary/aromatic N) is 2. The van der Waals surface area contributed by atoms with E-state index >= 15 is 0 Å². The number of Topliss-reactive ketones (excluding diaryl/α,β-unsaturated/α-hetero) is 1. The molecule has 1 fully saturated rings. The highest BCUT2D eigenvalue weighted by atomic mass is 19.4. The van der Waals surface area contributed by atoms with Crippen LogP contribution in [-0.4, -0.2) is 36.1 Å². The lowest BCUT2D eigenvalue weighted by Gasteiger charge is -2.17. The second kappa shape index (κ2) is 6.74. The van der Waals surface area contributed by atoms with E-state index in [1.165, 1.54) is 17.2 Å². The van der Waals surface area contributed by atoms with Crippen molar-refractivity contribution in [3.8, 4) is 0 Å². The number of anilines is 1. The minimum absolute atomic E-state index is 0.0946. The van der Waals surface area contributed by atoms with Gasteiger partial charge >= 0.3 is 12.2 Å². The summed E-state index contributed by atoms with van der Waals surface area (Å²) in [6.45, 7) is 0.932. The van der Waals surface area contributed by atoms with E-state index in [2.05, 4.69) is 10.3 Å². The van der Waals surface area contributed by atoms with Crippen molar-refractivity contribution in [3.63, 3.8) is 0 Å². The van der Waals surface area contributed by atoms with Crippen molar-refractivity contribution in [2.24, 2.45) is 0 Å². The quantitative estimate of drug-likeness (QED) is 0.667. The molecule has 1 N–H and O–H groups in total. The molecule has 5 nitrogen and oxygen atoms in total. The Bertz CT molecular complexity index is 867. The third kappa shape index (κ3) is 3.51. The van der Waals surface area contributed by atoms with Crippen molar-refractivity contribution in [1.82, 2.24) is 10.3 Å². The van der Waals surface area contributed by atoms with Gasteiger partial charge in [0, 0.05) is 25.7 Å². The summed E-state index contributed by atoms with van der Waals surface area (Å²) in [6, 6.07) is 5.98. The number of hydrogen-bond donors (Lipinski definition) is 1. The van der Waals surface area contributed by atoms with Crippen molar-refractivity contribution in [2.45, 2.75) is 12.6 Å². The fraction of sp³-hybridized carbons (Fsp3) is 0.235. The number of carbonyl (C=O) groups is 2. The van der Waals surface area contributed by atoms with E-state index in [9.17, 15) is 27.2 Å². The van der Waals surface area contributed by atoms with E-state index in [-0.39, 0.29) is 12.5 Å². The molecule has 1 aliphatic heterocycles. The topological polar surface area (TPSA) is 62.3 Å². The summed E-state index contributed by atoms with van der Waals surface area (Å²) < 4.78 is 51.3. The SMILES string of the molecule is O=C1NCCN1c1cccnc1Cc1ccc(C(=O)C(F)(F)F)c(F)c1. The van der Waals surface area contributed by atoms with Crippen LogP contribution in [0.15, 0.2) is 36.5 Å². The van der Waals surface area contributed by atoms with Gasteiger partial charge in [-0.15, -0.1) is 0 Å². The van der Waals surface area contributed by atoms with E-state index in [0.29, 0.717) is 30.0 Å². The molecule has 2 amide bonds. The summed E-state index contributed by atoms with van der Waals surface area (Å²) in [5.74, 6) is -3.48. The van der Waals surface area contributed by atoms with E-state index in [4.69, 9.17) is 0 Å². The van der Waals surface area contributed by atoms with Gasteiger partial charge in [-0.05, 0) is 29.8 Å². The normalized spacial score (nSPS) is 14.5. The van der Waals surface area contributed by atoms with Crippen molar-refractivity contribution in [3.05, 3.63) is 59.2 Å². The molecule has 0 radical (unpaired) electrons. The van der Waals surface area contributed by atoms with Crippen LogP contribution in [0, 0.1) is 5.82 Å². The molecule has 0 unspecified atom stereocenters. The second-order valence-corrected chi connectivity index (χ2v) is 5.67. The monoisotopic (exact) mass is 367 g/mol. The van der Waals surface area contributed by atoms with Crippen molar-refractivity contribution in [1.29, 1.82) is 0 Å². The Balaban J connectivity index is 1.88. The fourth-order valence-electron chi connectivity index (χ4n) is 2.71. The average Bonchev–Trinajstić information content (AvgIpc) is 3.00. The maximum Gasteiger partial charge on any atom is 0.454 e. The fourth-order valence-corrected chi connectivity index (χ4v) is 2.71. The van der Waals surface area contributed by atoms with Crippen LogP contribution >= 0.6 is 0 Å². The highest BCUT2D eigenvalue weighted by Gasteiger charge is 2.40. The average molecular weight is 367 g/mol. The van der Waals surface area contributed by atoms with Crippen LogP contribution in [0.1, 0.15) is 21.6 Å². The molecule has 3 rings (SSSR count). The molecule has 26 heavy (non-hydrogen) atoms. The van der Waals surface area contributed by atoms with Gasteiger partial charge in [-0.3, -0.25) is 14.7 Å². The Morgan fingerprint density at radius 3 is 2.65 bits per heavy atom. The maximum atomic E-state index is 14.0. The molecule has 0 atom stereocenters. The Kier molecular flexibility index (Phi) is 4.62. The van der Waals surface area contributed by atoms with Gasteiger partial charge in [0.15, 0.2) is 0 Å². The molecule has 0 saturated carbocycles. The van der Waals surface area contributed by atoms with Gasteiger partial charge in [0.1, 0.15) is 5.82 Å². The smallest absolute Gasteiger partial charge is 0.336 e. The first kappa shape index (κ1) is 17.8. The summed E-state index contributed by atoms with van der Waals surface area (Å²) in [5.41, 5.74) is 0.319. The Morgan fingerprint density at radius 1 is 1.27 bits per heavy atom. The summed E-state index contributed by atoms with van der Waals surface area (Å²) in [7, 11) is 0. The van der Waals surface area contributed by atoms with Crippen LogP contribution in [0.25, 0.3) is 0 Å². The predicted molar refractivity (Wildman–Crippen MR) is 84.6 cm³/mol. The maximum absolute atomic E-state index is 14.0. The first-order valence-corrected chi connectivity index (χ1v) is 7.66. The molecule has 0 spiro atoms. The van der Waals surface area contributed by atoms with E-state index < -0.39 is 23.3 Å². The third-order valence-corrected chi connectivity index (χ3v) is 3.92. The number of alkyl halides is 3. The molecule has 1 saturated heterocycles. The number of hydrogen-bond acceptors (Lipinski definition) is 3. The summed E-state index contributed by atoms with van der Waals surface area (Å²) >= 11 is 0. The molecule has 1 aromatic carbocycles. The first-order chi connectivity index (χ1) is 12.3. The van der Waals surface area contributed by atoms with Gasteiger partial charge in [0.25, 0.3) is 5.78 Å². The lowest BCUT2D eigenvalue weighted by Crippen LogP contribution is -2.28. The molecule has 1 aliphatic rings. The van der Waals surface area contributed by atoms with Gasteiger partial charge in [0.05, 0.1) is 16.9 Å². The van der Waals surface area contributed by atoms with Crippen molar-refractivity contribution >= 4 is 17.5 Å². The zero-order valence-electron chi connectivity index (χ0n) is 13.3. The minimum atomic E-state index is -5.14. The van der Waals surface area contributed by atoms with Crippen LogP contribution in [-0.2, 0) is 6.42 Å². The van der Waals surface area contributed by atoms with Crippen LogP contribution in [0.2, 0.25) is 0 Å². The van der Waals surface area contributed by atoms with Crippen molar-refractivity contribution < 1.29 is 27.2 Å². The molecule has 1 aromatic heterocycles. The Morgan fingerprint density at radius 2 is 2.04 bits per heavy atom. The zero-order valence-corrected chi connectivity index (χ0v) is 13.3. The highest BCUT2D eigenvalue weighted by molar-refractivity contribution is 6.00. The molecule has 136 valence electrons. The number of pyridine rings is 1. The number of halogens is 4. The second-order valence-electron chi connectivity index (χ2n) is 5.67. The van der Waals surface area contributed by atoms with E-state index in [0.717, 1.165) is 12.1 Å². The van der Waals surface area contributed by atoms with Gasteiger partial charge in [-0.25, -0.2) is 9.18 Å². The molecular weight excluding hydrogens is 354 g/mol. The number of nitrogens with one attached hydrogen (secondary N) is 1. The molecule has 9 heteroatoms. The number of rotatable bonds is 4. The molecule has 0 bridgehead atoms. The first-order valence-electron chi connectivity index (χ1n) is 7.66. The van der Waals surface area contributed by atoms with Gasteiger partial charge < -0.3 is 5.32 Å². The minimum Gasteiger partial charge on any atom is -0.336 e. The van der Waals surface area contributed by atoms with E-state index in [1.54, 1.807) is 12.1 Å². The lowest BCUT2D eigenvalue weighted by molar-refractivity contribution is -0.0887. The van der Waals surface area contributed by atoms with Crippen LogP contribution < -0.4 is 10.2 Å². The number of benzene rings is 1. The number of urea groups is 1. The molecule has 0 aliphatic carbocycles. The standard InChI is InChI=1S/C17H13F4N3O2/c18-12-8-10(3-4-11(12)15(25)17(19,20)21)9-13-14(2-1-5-22-13)24-7-6-23-16(24)26/h1-5,8H,6-7,9H2,(H,23,26). The van der Waals surface area contributed by atoms with Crippen LogP contribution in [0.4, 0.5) is 28.0 Å². The predicted octanol–water partition coefficient (Wildman–Crippen LogP) is 3.09. The lowest BCUT2D eigenvalue weighted by atomic mass is 10.0. The van der Waals surface area contributed by atoms with Gasteiger partial charge in [-0.2, -0.15) is 13.2 Å². The van der Waals surface area contributed by atoms with Crippen LogP contribution in [0.3, 0.4) is 0 Å². The van der Waals surface area contributed by atoms with Crippen molar-refractivity contribution in [2.75, 3.05) is 18.0 Å². The van der Waals surface area contributed by atoms with Gasteiger partial charge in [-0.1, -0.05) is 6.07 Å². The Hall–Kier alpha value is -2.97.